The summed E-state index contributed by atoms with van der Waals surface area (Å²) in [5, 5.41) is 24.5. The highest BCUT2D eigenvalue weighted by Gasteiger charge is 1.99. The Hall–Kier alpha value is -1.14. The lowest BCUT2D eigenvalue weighted by Crippen LogP contribution is -2.15. The summed E-state index contributed by atoms with van der Waals surface area (Å²) in [6.07, 6.45) is 1.02. The number of aliphatic hydroxyl groups excluding tert-OH is 1. The highest BCUT2D eigenvalue weighted by Crippen LogP contribution is 1.98. The van der Waals surface area contributed by atoms with Gasteiger partial charge in [0.2, 0.25) is 0 Å². The Morgan fingerprint density at radius 3 is 1.50 bits per heavy atom. The van der Waals surface area contributed by atoms with Crippen LogP contribution < -0.4 is 0 Å². The lowest BCUT2D eigenvalue weighted by Gasteiger charge is -2.03. The van der Waals surface area contributed by atoms with E-state index in [2.05, 4.69) is 0 Å². The molecule has 0 aliphatic heterocycles. The van der Waals surface area contributed by atoms with E-state index in [0.717, 1.165) is 6.54 Å². The number of hydrogen-bond donors (Lipinski definition) is 3. The number of carbonyl (C=O) groups is 2. The molecule has 0 amide bonds. The predicted octanol–water partition coefficient (Wildman–Crippen LogP) is 0.256. The third-order valence-electron chi connectivity index (χ3n) is 1.58. The molecular weight excluding hydrogens is 214 g/mol. The summed E-state index contributed by atoms with van der Waals surface area (Å²) in [5.41, 5.74) is 0. The molecular formula is C10H21NO5. The van der Waals surface area contributed by atoms with E-state index >= 15 is 0 Å². The summed E-state index contributed by atoms with van der Waals surface area (Å²) < 4.78 is 0. The second-order valence-electron chi connectivity index (χ2n) is 3.52. The van der Waals surface area contributed by atoms with Gasteiger partial charge in [-0.1, -0.05) is 0 Å². The Labute approximate surface area is 95.5 Å². The van der Waals surface area contributed by atoms with Gasteiger partial charge in [0.15, 0.2) is 0 Å². The van der Waals surface area contributed by atoms with Gasteiger partial charge < -0.3 is 20.2 Å². The molecule has 0 fully saturated rings. The Morgan fingerprint density at radius 2 is 1.38 bits per heavy atom. The number of unbranched alkanes of at least 4 members (excludes halogenated alkanes) is 1. The van der Waals surface area contributed by atoms with Gasteiger partial charge in [0.25, 0.3) is 0 Å². The summed E-state index contributed by atoms with van der Waals surface area (Å²) in [4.78, 5) is 21.7. The summed E-state index contributed by atoms with van der Waals surface area (Å²) in [5.74, 6) is -1.74. The van der Waals surface area contributed by atoms with Gasteiger partial charge in [0.1, 0.15) is 0 Å². The minimum Gasteiger partial charge on any atom is -0.481 e. The van der Waals surface area contributed by atoms with Crippen LogP contribution >= 0.6 is 0 Å². The van der Waals surface area contributed by atoms with Gasteiger partial charge in [-0.25, -0.2) is 0 Å². The lowest BCUT2D eigenvalue weighted by molar-refractivity contribution is -0.139. The van der Waals surface area contributed by atoms with Crippen LogP contribution in [-0.4, -0.2) is 59.4 Å². The molecule has 0 aromatic heterocycles. The summed E-state index contributed by atoms with van der Waals surface area (Å²) in [6.45, 7) is 1.02. The molecule has 6 heteroatoms. The van der Waals surface area contributed by atoms with Crippen molar-refractivity contribution in [1.29, 1.82) is 0 Å². The van der Waals surface area contributed by atoms with E-state index in [-0.39, 0.29) is 19.4 Å². The maximum atomic E-state index is 9.90. The standard InChI is InChI=1S/C6H10O4.C4H11NO/c7-5(8)3-1-2-4-6(9)10;1-5(2)3-4-6/h1-4H2,(H,7,8)(H,9,10);6H,3-4H2,1-2H3. The summed E-state index contributed by atoms with van der Waals surface area (Å²) in [6, 6.07) is 0. The van der Waals surface area contributed by atoms with Crippen LogP contribution in [0.3, 0.4) is 0 Å². The minimum absolute atomic E-state index is 0.0628. The smallest absolute Gasteiger partial charge is 0.303 e. The Kier molecular flexibility index (Phi) is 12.9. The van der Waals surface area contributed by atoms with Crippen molar-refractivity contribution < 1.29 is 24.9 Å². The van der Waals surface area contributed by atoms with Gasteiger partial charge in [-0.15, -0.1) is 0 Å². The second-order valence-corrected chi connectivity index (χ2v) is 3.52. The van der Waals surface area contributed by atoms with E-state index in [9.17, 15) is 9.59 Å². The zero-order chi connectivity index (χ0) is 13.0. The zero-order valence-electron chi connectivity index (χ0n) is 9.85. The van der Waals surface area contributed by atoms with Crippen LogP contribution in [0.25, 0.3) is 0 Å². The highest BCUT2D eigenvalue weighted by atomic mass is 16.4. The van der Waals surface area contributed by atoms with Crippen LogP contribution in [0.4, 0.5) is 0 Å². The number of hydrogen-bond acceptors (Lipinski definition) is 4. The van der Waals surface area contributed by atoms with E-state index < -0.39 is 11.9 Å². The molecule has 0 aromatic carbocycles. The molecule has 0 aliphatic carbocycles. The molecule has 6 nitrogen and oxygen atoms in total. The quantitative estimate of drug-likeness (QED) is 0.547. The summed E-state index contributed by atoms with van der Waals surface area (Å²) >= 11 is 0. The normalized spacial score (nSPS) is 9.50. The third kappa shape index (κ3) is 23.0. The van der Waals surface area contributed by atoms with Crippen LogP contribution in [0.2, 0.25) is 0 Å². The fraction of sp³-hybridized carbons (Fsp3) is 0.800. The van der Waals surface area contributed by atoms with E-state index in [1.165, 1.54) is 0 Å². The summed E-state index contributed by atoms with van der Waals surface area (Å²) in [7, 11) is 3.85. The van der Waals surface area contributed by atoms with Crippen molar-refractivity contribution in [2.45, 2.75) is 25.7 Å². The molecule has 0 radical (unpaired) electrons. The topological polar surface area (TPSA) is 98.1 Å². The average molecular weight is 235 g/mol. The molecule has 0 saturated heterocycles. The molecule has 0 bridgehead atoms. The first-order valence-electron chi connectivity index (χ1n) is 5.09. The van der Waals surface area contributed by atoms with Crippen LogP contribution in [-0.2, 0) is 9.59 Å². The highest BCUT2D eigenvalue weighted by molar-refractivity contribution is 5.67. The molecule has 0 rings (SSSR count). The number of aliphatic hydroxyl groups is 1. The molecule has 0 saturated carbocycles. The van der Waals surface area contributed by atoms with Gasteiger partial charge in [-0.05, 0) is 26.9 Å². The molecule has 0 spiro atoms. The molecule has 0 unspecified atom stereocenters. The number of likely N-dealkylation sites (N-methyl/N-ethyl adjacent to an activating group) is 1. The number of aliphatic carboxylic acids is 2. The third-order valence-corrected chi connectivity index (χ3v) is 1.58. The van der Waals surface area contributed by atoms with Crippen molar-refractivity contribution in [2.75, 3.05) is 27.2 Å². The largest absolute Gasteiger partial charge is 0.481 e. The van der Waals surface area contributed by atoms with Gasteiger partial charge in [-0.2, -0.15) is 0 Å². The van der Waals surface area contributed by atoms with Crippen LogP contribution in [0.5, 0.6) is 0 Å². The number of carboxylic acid groups (broad SMARTS) is 2. The van der Waals surface area contributed by atoms with E-state index in [0.29, 0.717) is 12.8 Å². The van der Waals surface area contributed by atoms with Crippen LogP contribution in [0, 0.1) is 0 Å². The van der Waals surface area contributed by atoms with Gasteiger partial charge in [0, 0.05) is 19.4 Å². The minimum atomic E-state index is -0.870. The van der Waals surface area contributed by atoms with Crippen LogP contribution in [0.1, 0.15) is 25.7 Å². The Bertz CT molecular complexity index is 178. The van der Waals surface area contributed by atoms with Crippen molar-refractivity contribution >= 4 is 11.9 Å². The second kappa shape index (κ2) is 11.9. The van der Waals surface area contributed by atoms with Crippen molar-refractivity contribution in [3.8, 4) is 0 Å². The van der Waals surface area contributed by atoms with Gasteiger partial charge >= 0.3 is 11.9 Å². The van der Waals surface area contributed by atoms with Crippen molar-refractivity contribution in [3.63, 3.8) is 0 Å². The van der Waals surface area contributed by atoms with Gasteiger partial charge in [0.05, 0.1) is 6.61 Å². The fourth-order valence-electron chi connectivity index (χ4n) is 0.752. The SMILES string of the molecule is CN(C)CCO.O=C(O)CCCCC(=O)O. The molecule has 16 heavy (non-hydrogen) atoms. The Balaban J connectivity index is 0. The fourth-order valence-corrected chi connectivity index (χ4v) is 0.752. The van der Waals surface area contributed by atoms with Crippen molar-refractivity contribution in [1.82, 2.24) is 4.90 Å². The van der Waals surface area contributed by atoms with E-state index in [1.807, 2.05) is 19.0 Å². The number of rotatable bonds is 7. The lowest BCUT2D eigenvalue weighted by atomic mass is 10.2. The molecule has 3 N–H and O–H groups in total. The van der Waals surface area contributed by atoms with E-state index in [4.69, 9.17) is 15.3 Å². The number of carboxylic acids is 2. The van der Waals surface area contributed by atoms with Crippen molar-refractivity contribution in [2.24, 2.45) is 0 Å². The first-order chi connectivity index (χ1) is 7.40. The molecule has 0 aliphatic rings. The van der Waals surface area contributed by atoms with Crippen LogP contribution in [0.15, 0.2) is 0 Å². The molecule has 96 valence electrons. The first kappa shape index (κ1) is 17.3. The maximum Gasteiger partial charge on any atom is 0.303 e. The number of nitrogens with zero attached hydrogens (tertiary/aromatic N) is 1. The maximum absolute atomic E-state index is 9.90. The first-order valence-corrected chi connectivity index (χ1v) is 5.09. The average Bonchev–Trinajstić information content (AvgIpc) is 2.12. The molecule has 0 atom stereocenters. The predicted molar refractivity (Wildman–Crippen MR) is 59.4 cm³/mol. The molecule has 0 aromatic rings. The van der Waals surface area contributed by atoms with Gasteiger partial charge in [-0.3, -0.25) is 9.59 Å². The van der Waals surface area contributed by atoms with Crippen molar-refractivity contribution in [3.05, 3.63) is 0 Å². The Morgan fingerprint density at radius 1 is 1.00 bits per heavy atom. The molecule has 0 heterocycles. The zero-order valence-corrected chi connectivity index (χ0v) is 9.85. The monoisotopic (exact) mass is 235 g/mol. The van der Waals surface area contributed by atoms with E-state index in [1.54, 1.807) is 0 Å².